The molecule has 5 nitrogen and oxygen atoms in total. The van der Waals surface area contributed by atoms with Crippen molar-refractivity contribution < 1.29 is 17.6 Å². The summed E-state index contributed by atoms with van der Waals surface area (Å²) < 4.78 is 35.7. The normalized spacial score (nSPS) is 11.3. The highest BCUT2D eigenvalue weighted by atomic mass is 35.5. The largest absolute Gasteiger partial charge is 0.482 e. The highest BCUT2D eigenvalue weighted by molar-refractivity contribution is 7.91. The Morgan fingerprint density at radius 1 is 1.00 bits per heavy atom. The van der Waals surface area contributed by atoms with E-state index in [2.05, 4.69) is 0 Å². The van der Waals surface area contributed by atoms with Gasteiger partial charge in [-0.05, 0) is 17.7 Å². The minimum absolute atomic E-state index is 0.0573. The molecule has 0 bridgehead atoms. The van der Waals surface area contributed by atoms with Crippen LogP contribution in [0.3, 0.4) is 0 Å². The van der Waals surface area contributed by atoms with Gasteiger partial charge in [-0.15, -0.1) is 0 Å². The summed E-state index contributed by atoms with van der Waals surface area (Å²) in [6, 6.07) is 16.9. The third-order valence-electron chi connectivity index (χ3n) is 3.88. The molecular formula is C20H17ClO5S. The molecule has 0 unspecified atom stereocenters. The second-order valence-electron chi connectivity index (χ2n) is 5.85. The van der Waals surface area contributed by atoms with Gasteiger partial charge < -0.3 is 9.15 Å². The molecule has 0 saturated heterocycles. The molecule has 0 atom stereocenters. The summed E-state index contributed by atoms with van der Waals surface area (Å²) >= 11 is 5.95. The van der Waals surface area contributed by atoms with Gasteiger partial charge in [0.05, 0.1) is 15.7 Å². The number of hydrogen-bond donors (Lipinski definition) is 0. The molecule has 0 N–H and O–H groups in total. The zero-order valence-corrected chi connectivity index (χ0v) is 15.9. The highest BCUT2D eigenvalue weighted by Crippen LogP contribution is 2.22. The van der Waals surface area contributed by atoms with Gasteiger partial charge in [0.25, 0.3) is 0 Å². The van der Waals surface area contributed by atoms with Crippen molar-refractivity contribution in [3.05, 3.63) is 93.5 Å². The first-order valence-corrected chi connectivity index (χ1v) is 10.2. The van der Waals surface area contributed by atoms with Gasteiger partial charge in [0.1, 0.15) is 18.6 Å². The number of hydrogen-bond acceptors (Lipinski definition) is 5. The average molecular weight is 405 g/mol. The summed E-state index contributed by atoms with van der Waals surface area (Å²) in [5.74, 6) is 0.128. The molecule has 0 amide bonds. The average Bonchev–Trinajstić information content (AvgIpc) is 2.67. The molecule has 140 valence electrons. The fraction of sp³-hybridized carbons (Fsp3) is 0.150. The highest BCUT2D eigenvalue weighted by Gasteiger charge is 2.18. The van der Waals surface area contributed by atoms with Crippen LogP contribution in [0.2, 0.25) is 5.02 Å². The first-order chi connectivity index (χ1) is 13.0. The van der Waals surface area contributed by atoms with Crippen LogP contribution in [0.4, 0.5) is 0 Å². The van der Waals surface area contributed by atoms with Gasteiger partial charge in [0, 0.05) is 12.5 Å². The van der Waals surface area contributed by atoms with E-state index >= 15 is 0 Å². The lowest BCUT2D eigenvalue weighted by Gasteiger charge is -2.07. The molecule has 2 aromatic carbocycles. The molecule has 0 aliphatic rings. The van der Waals surface area contributed by atoms with Crippen LogP contribution in [0.5, 0.6) is 5.75 Å². The Balaban J connectivity index is 1.66. The summed E-state index contributed by atoms with van der Waals surface area (Å²) in [5.41, 5.74) is 0.564. The Morgan fingerprint density at radius 2 is 1.70 bits per heavy atom. The molecule has 7 heteroatoms. The second-order valence-corrected chi connectivity index (χ2v) is 8.33. The monoisotopic (exact) mass is 404 g/mol. The molecule has 1 aromatic heterocycles. The molecule has 0 spiro atoms. The van der Waals surface area contributed by atoms with Crippen LogP contribution < -0.4 is 10.2 Å². The topological polar surface area (TPSA) is 73.6 Å². The van der Waals surface area contributed by atoms with Crippen LogP contribution >= 0.6 is 11.6 Å². The Hall–Kier alpha value is -2.57. The number of benzene rings is 2. The first kappa shape index (κ1) is 19.2. The summed E-state index contributed by atoms with van der Waals surface area (Å²) in [4.78, 5) is 12.2. The fourth-order valence-electron chi connectivity index (χ4n) is 2.45. The molecule has 3 rings (SSSR count). The Morgan fingerprint density at radius 3 is 2.41 bits per heavy atom. The second kappa shape index (κ2) is 8.41. The van der Waals surface area contributed by atoms with Crippen molar-refractivity contribution in [2.75, 3.05) is 5.75 Å². The quantitative estimate of drug-likeness (QED) is 0.597. The lowest BCUT2D eigenvalue weighted by atomic mass is 10.2. The maximum atomic E-state index is 12.4. The summed E-state index contributed by atoms with van der Waals surface area (Å²) in [5, 5.41) is 0.170. The van der Waals surface area contributed by atoms with Crippen LogP contribution in [0.1, 0.15) is 11.3 Å². The van der Waals surface area contributed by atoms with Crippen LogP contribution in [0.15, 0.2) is 81.0 Å². The van der Waals surface area contributed by atoms with Crippen LogP contribution in [0, 0.1) is 0 Å². The maximum Gasteiger partial charge on any atom is 0.226 e. The SMILES string of the molecule is O=c1cc(CCS(=O)(=O)c2ccccc2Cl)occ1OCc1ccccc1. The molecule has 27 heavy (non-hydrogen) atoms. The summed E-state index contributed by atoms with van der Waals surface area (Å²) in [6.07, 6.45) is 1.27. The Kier molecular flexibility index (Phi) is 5.98. The van der Waals surface area contributed by atoms with Crippen LogP contribution in [0.25, 0.3) is 0 Å². The van der Waals surface area contributed by atoms with E-state index in [0.717, 1.165) is 5.56 Å². The van der Waals surface area contributed by atoms with E-state index in [9.17, 15) is 13.2 Å². The number of aryl methyl sites for hydroxylation is 1. The van der Waals surface area contributed by atoms with Gasteiger partial charge in [0.15, 0.2) is 9.84 Å². The molecule has 0 saturated carbocycles. The third kappa shape index (κ3) is 4.99. The van der Waals surface area contributed by atoms with Crippen molar-refractivity contribution in [2.24, 2.45) is 0 Å². The number of sulfone groups is 1. The van der Waals surface area contributed by atoms with E-state index < -0.39 is 9.84 Å². The minimum Gasteiger partial charge on any atom is -0.482 e. The molecule has 0 aliphatic carbocycles. The Labute approximate surface area is 162 Å². The van der Waals surface area contributed by atoms with Gasteiger partial charge in [-0.1, -0.05) is 54.1 Å². The lowest BCUT2D eigenvalue weighted by molar-refractivity contribution is 0.290. The van der Waals surface area contributed by atoms with E-state index in [4.69, 9.17) is 20.8 Å². The van der Waals surface area contributed by atoms with Crippen molar-refractivity contribution in [3.8, 4) is 5.75 Å². The lowest BCUT2D eigenvalue weighted by Crippen LogP contribution is -2.12. The molecule has 0 aliphatic heterocycles. The van der Waals surface area contributed by atoms with Crippen molar-refractivity contribution in [3.63, 3.8) is 0 Å². The van der Waals surface area contributed by atoms with Crippen molar-refractivity contribution in [2.45, 2.75) is 17.9 Å². The first-order valence-electron chi connectivity index (χ1n) is 8.21. The van der Waals surface area contributed by atoms with E-state index in [-0.39, 0.29) is 45.6 Å². The molecule has 1 heterocycles. The molecular weight excluding hydrogens is 388 g/mol. The fourth-order valence-corrected chi connectivity index (χ4v) is 4.28. The predicted octanol–water partition coefficient (Wildman–Crippen LogP) is 3.89. The molecule has 0 radical (unpaired) electrons. The summed E-state index contributed by atoms with van der Waals surface area (Å²) in [6.45, 7) is 0.242. The minimum atomic E-state index is -3.58. The molecule has 3 aromatic rings. The zero-order chi connectivity index (χ0) is 19.3. The predicted molar refractivity (Wildman–Crippen MR) is 103 cm³/mol. The summed E-state index contributed by atoms with van der Waals surface area (Å²) in [7, 11) is -3.58. The van der Waals surface area contributed by atoms with Crippen molar-refractivity contribution in [1.29, 1.82) is 0 Å². The Bertz CT molecular complexity index is 1070. The standard InChI is InChI=1S/C20H17ClO5S/c21-17-8-4-5-9-20(17)27(23,24)11-10-16-12-18(22)19(14-25-16)26-13-15-6-2-1-3-7-15/h1-9,12,14H,10-11,13H2. The maximum absolute atomic E-state index is 12.4. The van der Waals surface area contributed by atoms with Crippen LogP contribution in [-0.2, 0) is 22.9 Å². The number of halogens is 1. The van der Waals surface area contributed by atoms with E-state index in [1.165, 1.54) is 24.5 Å². The number of rotatable bonds is 7. The van der Waals surface area contributed by atoms with Gasteiger partial charge >= 0.3 is 0 Å². The zero-order valence-electron chi connectivity index (χ0n) is 14.3. The van der Waals surface area contributed by atoms with E-state index in [1.54, 1.807) is 12.1 Å². The van der Waals surface area contributed by atoms with E-state index in [1.807, 2.05) is 30.3 Å². The van der Waals surface area contributed by atoms with Gasteiger partial charge in [-0.3, -0.25) is 4.79 Å². The van der Waals surface area contributed by atoms with Crippen molar-refractivity contribution >= 4 is 21.4 Å². The van der Waals surface area contributed by atoms with Crippen molar-refractivity contribution in [1.82, 2.24) is 0 Å². The van der Waals surface area contributed by atoms with Gasteiger partial charge in [-0.2, -0.15) is 0 Å². The molecule has 0 fully saturated rings. The third-order valence-corrected chi connectivity index (χ3v) is 6.09. The van der Waals surface area contributed by atoms with E-state index in [0.29, 0.717) is 0 Å². The van der Waals surface area contributed by atoms with Gasteiger partial charge in [0.2, 0.25) is 11.2 Å². The smallest absolute Gasteiger partial charge is 0.226 e. The van der Waals surface area contributed by atoms with Gasteiger partial charge in [-0.25, -0.2) is 8.42 Å². The van der Waals surface area contributed by atoms with Crippen LogP contribution in [-0.4, -0.2) is 14.2 Å². The number of ether oxygens (including phenoxy) is 1.